The molecule has 2 aliphatic rings. The van der Waals surface area contributed by atoms with Gasteiger partial charge in [-0.15, -0.1) is 0 Å². The van der Waals surface area contributed by atoms with E-state index in [-0.39, 0.29) is 26.3 Å². The number of hydrazine groups is 2. The molecular weight excluding hydrogens is 496 g/mol. The summed E-state index contributed by atoms with van der Waals surface area (Å²) in [6.07, 6.45) is 0. The van der Waals surface area contributed by atoms with Gasteiger partial charge in [-0.05, 0) is 30.5 Å². The molecule has 2 atom stereocenters. The van der Waals surface area contributed by atoms with E-state index in [1.54, 1.807) is 0 Å². The minimum absolute atomic E-state index is 0.0513. The summed E-state index contributed by atoms with van der Waals surface area (Å²) in [5.74, 6) is 0. The number of aryl methyl sites for hydroxylation is 2. The van der Waals surface area contributed by atoms with Gasteiger partial charge in [0.15, 0.2) is 11.3 Å². The van der Waals surface area contributed by atoms with Crippen LogP contribution in [0.3, 0.4) is 0 Å². The zero-order valence-corrected chi connectivity index (χ0v) is 22.1. The maximum atomic E-state index is 13.3. The van der Waals surface area contributed by atoms with E-state index in [9.17, 15) is 14.7 Å². The van der Waals surface area contributed by atoms with Gasteiger partial charge in [0.25, 0.3) is 0 Å². The smallest absolute Gasteiger partial charge is 0.333 e. The molecule has 0 saturated carbocycles. The number of benzene rings is 3. The Balaban J connectivity index is 1.40. The molecule has 0 radical (unpaired) electrons. The molecule has 0 bridgehead atoms. The van der Waals surface area contributed by atoms with Crippen LogP contribution < -0.4 is 21.5 Å². The molecule has 204 valence electrons. The first-order valence-corrected chi connectivity index (χ1v) is 12.9. The second-order valence-corrected chi connectivity index (χ2v) is 10.2. The van der Waals surface area contributed by atoms with Gasteiger partial charge in [-0.2, -0.15) is 10.9 Å². The highest BCUT2D eigenvalue weighted by molar-refractivity contribution is 5.80. The van der Waals surface area contributed by atoms with Gasteiger partial charge in [-0.25, -0.2) is 9.59 Å². The zero-order valence-electron chi connectivity index (χ0n) is 22.1. The lowest BCUT2D eigenvalue weighted by atomic mass is 9.95. The molecule has 2 fully saturated rings. The maximum absolute atomic E-state index is 13.3. The Morgan fingerprint density at radius 1 is 0.692 bits per heavy atom. The number of hydrogen-bond donors (Lipinski definition) is 5. The third-order valence-electron chi connectivity index (χ3n) is 7.10. The van der Waals surface area contributed by atoms with Crippen molar-refractivity contribution in [1.82, 2.24) is 31.5 Å². The highest BCUT2D eigenvalue weighted by Crippen LogP contribution is 2.29. The van der Waals surface area contributed by atoms with Gasteiger partial charge < -0.3 is 20.5 Å². The molecule has 3 aromatic rings. The average molecular weight is 531 g/mol. The summed E-state index contributed by atoms with van der Waals surface area (Å²) in [5, 5.41) is 19.4. The number of ether oxygens (including phenoxy) is 1. The van der Waals surface area contributed by atoms with Crippen LogP contribution in [0.5, 0.6) is 0 Å². The Morgan fingerprint density at radius 3 is 1.69 bits per heavy atom. The average Bonchev–Trinajstić information content (AvgIpc) is 3.44. The fourth-order valence-corrected chi connectivity index (χ4v) is 4.79. The van der Waals surface area contributed by atoms with E-state index in [0.717, 1.165) is 27.8 Å². The first-order chi connectivity index (χ1) is 18.8. The molecule has 10 nitrogen and oxygen atoms in total. The molecule has 2 heterocycles. The van der Waals surface area contributed by atoms with Crippen molar-refractivity contribution in [2.75, 3.05) is 13.2 Å². The lowest BCUT2D eigenvalue weighted by Gasteiger charge is -2.43. The van der Waals surface area contributed by atoms with Gasteiger partial charge in [-0.1, -0.05) is 90.0 Å². The van der Waals surface area contributed by atoms with Crippen LogP contribution in [0.1, 0.15) is 27.8 Å². The monoisotopic (exact) mass is 530 g/mol. The molecule has 39 heavy (non-hydrogen) atoms. The van der Waals surface area contributed by atoms with Gasteiger partial charge in [0.2, 0.25) is 0 Å². The van der Waals surface area contributed by atoms with Crippen LogP contribution >= 0.6 is 0 Å². The number of urea groups is 2. The van der Waals surface area contributed by atoms with Gasteiger partial charge in [0, 0.05) is 0 Å². The highest BCUT2D eigenvalue weighted by atomic mass is 16.5. The van der Waals surface area contributed by atoms with E-state index in [1.807, 2.05) is 92.7 Å². The number of carbonyl (C=O) groups excluding carboxylic acids is 2. The molecule has 5 rings (SSSR count). The Bertz CT molecular complexity index is 1300. The van der Waals surface area contributed by atoms with Crippen molar-refractivity contribution in [1.29, 1.82) is 0 Å². The lowest BCUT2D eigenvalue weighted by Crippen LogP contribution is -2.79. The summed E-state index contributed by atoms with van der Waals surface area (Å²) in [5.41, 5.74) is 8.50. The van der Waals surface area contributed by atoms with E-state index in [4.69, 9.17) is 4.74 Å². The van der Waals surface area contributed by atoms with Crippen LogP contribution in [0.4, 0.5) is 9.59 Å². The van der Waals surface area contributed by atoms with E-state index in [2.05, 4.69) is 21.5 Å². The van der Waals surface area contributed by atoms with Crippen LogP contribution in [0.25, 0.3) is 0 Å². The summed E-state index contributed by atoms with van der Waals surface area (Å²) >= 11 is 0. The largest absolute Gasteiger partial charge is 0.392 e. The number of carbonyl (C=O) groups is 2. The van der Waals surface area contributed by atoms with Crippen LogP contribution in [0.2, 0.25) is 0 Å². The standard InChI is InChI=1S/C29H34N6O4/c1-21-8-12-23(13-9-21)16-34-26(37)30-28(19-36,32-34)29(20-39-18-25-6-4-3-5-7-25)31-27(38)35(33-29)17-24-14-10-22(2)11-15-24/h3-15,32-33,36H,16-20H2,1-2H3,(H,30,37)(H,31,38). The number of rotatable bonds is 10. The van der Waals surface area contributed by atoms with Crippen molar-refractivity contribution in [3.63, 3.8) is 0 Å². The van der Waals surface area contributed by atoms with Crippen molar-refractivity contribution in [3.8, 4) is 0 Å². The van der Waals surface area contributed by atoms with Gasteiger partial charge in [0.05, 0.1) is 32.9 Å². The van der Waals surface area contributed by atoms with Gasteiger partial charge in [-0.3, -0.25) is 10.0 Å². The fraction of sp³-hybridized carbons (Fsp3) is 0.310. The first-order valence-electron chi connectivity index (χ1n) is 12.9. The van der Waals surface area contributed by atoms with Crippen molar-refractivity contribution in [3.05, 3.63) is 107 Å². The molecular formula is C29H34N6O4. The molecule has 0 spiro atoms. The molecule has 0 aliphatic carbocycles. The first kappa shape index (κ1) is 26.6. The molecule has 10 heteroatoms. The number of amides is 4. The van der Waals surface area contributed by atoms with Gasteiger partial charge in [0.1, 0.15) is 0 Å². The lowest BCUT2D eigenvalue weighted by molar-refractivity contribution is -0.0488. The van der Waals surface area contributed by atoms with Crippen LogP contribution in [-0.4, -0.2) is 51.7 Å². The summed E-state index contributed by atoms with van der Waals surface area (Å²) in [7, 11) is 0. The summed E-state index contributed by atoms with van der Waals surface area (Å²) < 4.78 is 6.09. The molecule has 4 amide bonds. The summed E-state index contributed by atoms with van der Waals surface area (Å²) in [4.78, 5) is 26.4. The predicted molar refractivity (Wildman–Crippen MR) is 145 cm³/mol. The van der Waals surface area contributed by atoms with Crippen molar-refractivity contribution in [2.24, 2.45) is 0 Å². The third kappa shape index (κ3) is 5.59. The molecule has 2 saturated heterocycles. The summed E-state index contributed by atoms with van der Waals surface area (Å²) in [6, 6.07) is 24.5. The Kier molecular flexibility index (Phi) is 7.53. The fourth-order valence-electron chi connectivity index (χ4n) is 4.79. The van der Waals surface area contributed by atoms with Gasteiger partial charge >= 0.3 is 12.1 Å². The third-order valence-corrected chi connectivity index (χ3v) is 7.10. The Labute approximate surface area is 227 Å². The van der Waals surface area contributed by atoms with Crippen LogP contribution in [-0.2, 0) is 24.4 Å². The number of nitrogens with one attached hydrogen (secondary N) is 4. The number of nitrogens with zero attached hydrogens (tertiary/aromatic N) is 2. The second-order valence-electron chi connectivity index (χ2n) is 10.2. The maximum Gasteiger partial charge on any atom is 0.333 e. The molecule has 3 aromatic carbocycles. The van der Waals surface area contributed by atoms with E-state index >= 15 is 0 Å². The molecule has 0 aromatic heterocycles. The van der Waals surface area contributed by atoms with Crippen LogP contribution in [0, 0.1) is 13.8 Å². The van der Waals surface area contributed by atoms with Crippen molar-refractivity contribution >= 4 is 12.1 Å². The molecule has 5 N–H and O–H groups in total. The minimum atomic E-state index is -1.50. The number of aliphatic hydroxyl groups excluding tert-OH is 1. The SMILES string of the molecule is Cc1ccc(CN2NC(CO)(C3(COCc4ccccc4)NC(=O)N(Cc4ccc(C)cc4)N3)NC2=O)cc1. The quantitative estimate of drug-likeness (QED) is 0.275. The topological polar surface area (TPSA) is 118 Å². The summed E-state index contributed by atoms with van der Waals surface area (Å²) in [6.45, 7) is 4.23. The Morgan fingerprint density at radius 2 is 1.18 bits per heavy atom. The van der Waals surface area contributed by atoms with E-state index in [0.29, 0.717) is 0 Å². The van der Waals surface area contributed by atoms with E-state index in [1.165, 1.54) is 10.0 Å². The molecule has 2 aliphatic heterocycles. The van der Waals surface area contributed by atoms with Crippen molar-refractivity contribution < 1.29 is 19.4 Å². The minimum Gasteiger partial charge on any atom is -0.392 e. The van der Waals surface area contributed by atoms with Crippen LogP contribution in [0.15, 0.2) is 78.9 Å². The second kappa shape index (κ2) is 11.0. The van der Waals surface area contributed by atoms with Crippen molar-refractivity contribution in [2.45, 2.75) is 44.9 Å². The predicted octanol–water partition coefficient (Wildman–Crippen LogP) is 2.66. The molecule has 2 unspecified atom stereocenters. The number of aliphatic hydroxyl groups is 1. The highest BCUT2D eigenvalue weighted by Gasteiger charge is 2.62. The van der Waals surface area contributed by atoms with E-state index < -0.39 is 30.0 Å². The zero-order chi connectivity index (χ0) is 27.5. The normalized spacial score (nSPS) is 22.7. The Hall–Kier alpha value is -3.96. The number of hydrogen-bond acceptors (Lipinski definition) is 6.